The molecule has 1 unspecified atom stereocenters. The van der Waals surface area contributed by atoms with E-state index in [1.54, 1.807) is 40.0 Å². The van der Waals surface area contributed by atoms with Crippen molar-refractivity contribution in [3.63, 3.8) is 0 Å². The molecule has 2 aliphatic rings. The number of hydrogen-bond acceptors (Lipinski definition) is 5. The number of piperazine rings is 1. The number of rotatable bonds is 7. The highest BCUT2D eigenvalue weighted by molar-refractivity contribution is 6.31. The molecule has 198 valence electrons. The minimum Gasteiger partial charge on any atom is -0.497 e. The van der Waals surface area contributed by atoms with Crippen LogP contribution in [0.25, 0.3) is 0 Å². The number of ether oxygens (including phenoxy) is 1. The molecule has 2 heterocycles. The lowest BCUT2D eigenvalue weighted by atomic mass is 9.92. The summed E-state index contributed by atoms with van der Waals surface area (Å²) in [6.07, 6.45) is 0.0769. The number of amides is 4. The molecule has 3 atom stereocenters. The van der Waals surface area contributed by atoms with Gasteiger partial charge in [-0.2, -0.15) is 0 Å². The van der Waals surface area contributed by atoms with Crippen molar-refractivity contribution in [2.45, 2.75) is 45.6 Å². The third kappa shape index (κ3) is 5.52. The van der Waals surface area contributed by atoms with Gasteiger partial charge in [-0.3, -0.25) is 9.59 Å². The number of carbonyl (C=O) groups is 3. The minimum absolute atomic E-state index is 0.0111. The number of urea groups is 1. The first kappa shape index (κ1) is 26.8. The predicted octanol–water partition coefficient (Wildman–Crippen LogP) is 3.33. The van der Waals surface area contributed by atoms with E-state index in [0.29, 0.717) is 24.5 Å². The average molecular weight is 528 g/mol. The van der Waals surface area contributed by atoms with Gasteiger partial charge in [-0.1, -0.05) is 62.2 Å². The molecule has 0 radical (unpaired) electrons. The zero-order valence-corrected chi connectivity index (χ0v) is 22.4. The Bertz CT molecular complexity index is 1140. The molecule has 1 N–H and O–H groups in total. The largest absolute Gasteiger partial charge is 0.497 e. The molecule has 0 bridgehead atoms. The maximum absolute atomic E-state index is 13.7. The molecular formula is C27H34ClN5O4. The summed E-state index contributed by atoms with van der Waals surface area (Å²) in [5.74, 6) is 0.368. The van der Waals surface area contributed by atoms with Gasteiger partial charge in [0.1, 0.15) is 18.0 Å². The topological polar surface area (TPSA) is 85.4 Å². The van der Waals surface area contributed by atoms with Crippen molar-refractivity contribution in [2.24, 2.45) is 5.92 Å². The van der Waals surface area contributed by atoms with Crippen LogP contribution in [0.5, 0.6) is 5.75 Å². The van der Waals surface area contributed by atoms with E-state index in [9.17, 15) is 14.4 Å². The highest BCUT2D eigenvalue weighted by atomic mass is 35.5. The highest BCUT2D eigenvalue weighted by Gasteiger charge is 2.51. The summed E-state index contributed by atoms with van der Waals surface area (Å²) in [6, 6.07) is 13.9. The monoisotopic (exact) mass is 527 g/mol. The first-order chi connectivity index (χ1) is 17.7. The molecule has 0 aliphatic carbocycles. The Morgan fingerprint density at radius 2 is 1.86 bits per heavy atom. The van der Waals surface area contributed by atoms with Gasteiger partial charge in [-0.05, 0) is 35.2 Å². The van der Waals surface area contributed by atoms with Crippen LogP contribution in [0, 0.1) is 5.92 Å². The zero-order chi connectivity index (χ0) is 26.7. The lowest BCUT2D eigenvalue weighted by Crippen LogP contribution is -2.76. The molecule has 2 saturated heterocycles. The number of carbonyl (C=O) groups excluding carboxylic acids is 3. The van der Waals surface area contributed by atoms with E-state index in [-0.39, 0.29) is 36.9 Å². The van der Waals surface area contributed by atoms with E-state index < -0.39 is 12.2 Å². The van der Waals surface area contributed by atoms with Crippen LogP contribution < -0.4 is 10.1 Å². The van der Waals surface area contributed by atoms with Crippen LogP contribution in [0.2, 0.25) is 5.02 Å². The molecule has 0 aromatic heterocycles. The Morgan fingerprint density at radius 3 is 2.51 bits per heavy atom. The van der Waals surface area contributed by atoms with Crippen molar-refractivity contribution in [3.05, 3.63) is 64.7 Å². The van der Waals surface area contributed by atoms with Crippen LogP contribution in [0.4, 0.5) is 4.79 Å². The molecule has 0 spiro atoms. The molecule has 0 saturated carbocycles. The molecule has 2 fully saturated rings. The second kappa shape index (κ2) is 11.4. The van der Waals surface area contributed by atoms with Crippen LogP contribution in [0.1, 0.15) is 31.4 Å². The predicted molar refractivity (Wildman–Crippen MR) is 140 cm³/mol. The fourth-order valence-electron chi connectivity index (χ4n) is 4.97. The molecule has 2 aliphatic heterocycles. The number of methoxy groups -OCH3 is 1. The van der Waals surface area contributed by atoms with E-state index in [4.69, 9.17) is 16.3 Å². The quantitative estimate of drug-likeness (QED) is 0.597. The van der Waals surface area contributed by atoms with E-state index in [0.717, 1.165) is 16.9 Å². The van der Waals surface area contributed by atoms with Gasteiger partial charge >= 0.3 is 6.03 Å². The Hall–Kier alpha value is -3.30. The second-order valence-corrected chi connectivity index (χ2v) is 10.00. The van der Waals surface area contributed by atoms with Crippen LogP contribution in [0.15, 0.2) is 48.5 Å². The number of benzene rings is 2. The van der Waals surface area contributed by atoms with Crippen molar-refractivity contribution in [2.75, 3.05) is 27.2 Å². The third-order valence-corrected chi connectivity index (χ3v) is 7.55. The van der Waals surface area contributed by atoms with Gasteiger partial charge in [0.2, 0.25) is 11.8 Å². The molecule has 37 heavy (non-hydrogen) atoms. The van der Waals surface area contributed by atoms with Gasteiger partial charge in [0.05, 0.1) is 20.2 Å². The van der Waals surface area contributed by atoms with Crippen LogP contribution in [-0.2, 0) is 22.7 Å². The number of halogens is 1. The summed E-state index contributed by atoms with van der Waals surface area (Å²) < 4.78 is 5.20. The first-order valence-electron chi connectivity index (χ1n) is 12.5. The number of likely N-dealkylation sites (N-methyl/N-ethyl adjacent to an activating group) is 1. The van der Waals surface area contributed by atoms with Crippen LogP contribution >= 0.6 is 11.6 Å². The van der Waals surface area contributed by atoms with Gasteiger partial charge < -0.3 is 19.9 Å². The van der Waals surface area contributed by atoms with Crippen molar-refractivity contribution in [1.29, 1.82) is 0 Å². The van der Waals surface area contributed by atoms with Crippen LogP contribution in [0.3, 0.4) is 0 Å². The maximum atomic E-state index is 13.7. The van der Waals surface area contributed by atoms with E-state index >= 15 is 0 Å². The lowest BCUT2D eigenvalue weighted by molar-refractivity contribution is -0.190. The summed E-state index contributed by atoms with van der Waals surface area (Å²) in [7, 11) is 3.32. The number of nitrogens with zero attached hydrogens (tertiary/aromatic N) is 4. The normalized spacial score (nSPS) is 21.1. The lowest BCUT2D eigenvalue weighted by Gasteiger charge is -2.55. The minimum atomic E-state index is -0.663. The summed E-state index contributed by atoms with van der Waals surface area (Å²) in [5, 5.41) is 6.73. The number of fused-ring (bicyclic) bond motifs is 1. The van der Waals surface area contributed by atoms with E-state index in [1.165, 1.54) is 0 Å². The molecule has 2 aromatic rings. The summed E-state index contributed by atoms with van der Waals surface area (Å²) in [6.45, 7) is 4.78. The van der Waals surface area contributed by atoms with Gasteiger partial charge in [0.25, 0.3) is 0 Å². The molecular weight excluding hydrogens is 494 g/mol. The maximum Gasteiger partial charge on any atom is 0.334 e. The first-order valence-corrected chi connectivity index (χ1v) is 12.9. The molecule has 2 aromatic carbocycles. The van der Waals surface area contributed by atoms with E-state index in [2.05, 4.69) is 5.32 Å². The standard InChI is InChI=1S/C27H34ClN5O4/c1-5-18(2)25-26(35)31(15-20-8-6-7-9-22(20)28)16-23-32(25)24(34)17-30(3)33(23)27(36)29-14-19-10-12-21(37-4)13-11-19/h6-13,18,23,25H,5,14-17H2,1-4H3,(H,29,36)/t18?,23-,25-/m0/s1. The third-order valence-electron chi connectivity index (χ3n) is 7.18. The molecule has 10 heteroatoms. The van der Waals surface area contributed by atoms with Gasteiger partial charge in [0.15, 0.2) is 0 Å². The highest BCUT2D eigenvalue weighted by Crippen LogP contribution is 2.31. The summed E-state index contributed by atoms with van der Waals surface area (Å²) in [4.78, 5) is 43.8. The Morgan fingerprint density at radius 1 is 1.16 bits per heavy atom. The Balaban J connectivity index is 1.61. The molecule has 9 nitrogen and oxygen atoms in total. The average Bonchev–Trinajstić information content (AvgIpc) is 2.89. The Kier molecular flexibility index (Phi) is 8.24. The number of nitrogens with one attached hydrogen (secondary N) is 1. The van der Waals surface area contributed by atoms with Crippen LogP contribution in [-0.4, -0.2) is 77.1 Å². The van der Waals surface area contributed by atoms with Crippen molar-refractivity contribution >= 4 is 29.4 Å². The van der Waals surface area contributed by atoms with Gasteiger partial charge in [-0.15, -0.1) is 0 Å². The van der Waals surface area contributed by atoms with Crippen molar-refractivity contribution in [3.8, 4) is 5.75 Å². The van der Waals surface area contributed by atoms with E-state index in [1.807, 2.05) is 56.3 Å². The van der Waals surface area contributed by atoms with Crippen molar-refractivity contribution in [1.82, 2.24) is 25.1 Å². The summed E-state index contributed by atoms with van der Waals surface area (Å²) in [5.41, 5.74) is 1.73. The van der Waals surface area contributed by atoms with Crippen molar-refractivity contribution < 1.29 is 19.1 Å². The number of hydrogen-bond donors (Lipinski definition) is 1. The molecule has 4 rings (SSSR count). The second-order valence-electron chi connectivity index (χ2n) is 9.59. The number of hydrazine groups is 1. The van der Waals surface area contributed by atoms with Gasteiger partial charge in [0, 0.05) is 25.2 Å². The zero-order valence-electron chi connectivity index (χ0n) is 21.7. The SMILES string of the molecule is CCC(C)[C@H]1C(=O)N(Cc2ccccc2Cl)C[C@H]2N1C(=O)CN(C)N2C(=O)NCc1ccc(OC)cc1. The Labute approximate surface area is 222 Å². The fraction of sp³-hybridized carbons (Fsp3) is 0.444. The van der Waals surface area contributed by atoms with Gasteiger partial charge in [-0.25, -0.2) is 14.8 Å². The fourth-order valence-corrected chi connectivity index (χ4v) is 5.17. The molecule has 4 amide bonds. The summed E-state index contributed by atoms with van der Waals surface area (Å²) >= 11 is 6.41. The smallest absolute Gasteiger partial charge is 0.334 e.